The molecule has 2 N–H and O–H groups in total. The van der Waals surface area contributed by atoms with Gasteiger partial charge in [-0.1, -0.05) is 4.91 Å². The van der Waals surface area contributed by atoms with Gasteiger partial charge in [0.2, 0.25) is 11.6 Å². The smallest absolute Gasteiger partial charge is 0.234 e. The number of nitrogens with zero attached hydrogens (tertiary/aromatic N) is 4. The van der Waals surface area contributed by atoms with Gasteiger partial charge in [0.05, 0.1) is 5.56 Å². The number of carbonyl (C=O) groups is 2. The van der Waals surface area contributed by atoms with Crippen LogP contribution in [0.15, 0.2) is 18.3 Å². The quantitative estimate of drug-likeness (QED) is 0.490. The Morgan fingerprint density at radius 3 is 2.50 bits per heavy atom. The highest BCUT2D eigenvalue weighted by Gasteiger charge is 2.35. The Labute approximate surface area is 88.9 Å². The van der Waals surface area contributed by atoms with Gasteiger partial charge in [0.1, 0.15) is 5.69 Å². The van der Waals surface area contributed by atoms with Gasteiger partial charge in [-0.25, -0.2) is 0 Å². The maximum Gasteiger partial charge on any atom is 0.234 e. The van der Waals surface area contributed by atoms with Crippen LogP contribution in [0.4, 0.5) is 0 Å². The molecule has 0 saturated carbocycles. The molecule has 7 nitrogen and oxygen atoms in total. The largest absolute Gasteiger partial charge is 0.306 e. The third-order valence-corrected chi connectivity index (χ3v) is 2.33. The lowest BCUT2D eigenvalue weighted by molar-refractivity contribution is 0.0970. The minimum Gasteiger partial charge on any atom is -0.306 e. The molecule has 2 aromatic rings. The van der Waals surface area contributed by atoms with E-state index in [1.807, 2.05) is 0 Å². The average Bonchev–Trinajstić information content (AvgIpc) is 2.68. The van der Waals surface area contributed by atoms with Crippen LogP contribution in [0.3, 0.4) is 0 Å². The minimum absolute atomic E-state index is 0.0204. The van der Waals surface area contributed by atoms with Crippen molar-refractivity contribution >= 4 is 11.6 Å². The molecule has 1 aliphatic rings. The molecule has 0 aliphatic heterocycles. The molecule has 78 valence electrons. The zero-order chi connectivity index (χ0) is 11.3. The lowest BCUT2D eigenvalue weighted by Crippen LogP contribution is -2.22. The SMILES string of the molecule is Nn1nc2c(n1)C(=O)c1ncccc1C2=O. The van der Waals surface area contributed by atoms with E-state index in [1.165, 1.54) is 12.3 Å². The fraction of sp³-hybridized carbons (Fsp3) is 0. The summed E-state index contributed by atoms with van der Waals surface area (Å²) in [5, 5.41) is 7.32. The summed E-state index contributed by atoms with van der Waals surface area (Å²) in [5.74, 6) is 4.48. The summed E-state index contributed by atoms with van der Waals surface area (Å²) in [6.45, 7) is 0. The molecule has 0 spiro atoms. The highest BCUT2D eigenvalue weighted by atomic mass is 16.1. The van der Waals surface area contributed by atoms with Crippen LogP contribution >= 0.6 is 0 Å². The Hall–Kier alpha value is -2.57. The Kier molecular flexibility index (Phi) is 1.48. The van der Waals surface area contributed by atoms with E-state index < -0.39 is 5.78 Å². The number of rotatable bonds is 0. The Morgan fingerprint density at radius 2 is 1.75 bits per heavy atom. The van der Waals surface area contributed by atoms with Crippen LogP contribution in [-0.2, 0) is 0 Å². The number of pyridine rings is 1. The van der Waals surface area contributed by atoms with Crippen molar-refractivity contribution in [2.75, 3.05) is 5.84 Å². The number of nitrogens with two attached hydrogens (primary N) is 1. The third kappa shape index (κ3) is 0.937. The molecule has 0 fully saturated rings. The molecule has 2 aromatic heterocycles. The zero-order valence-corrected chi connectivity index (χ0v) is 7.91. The van der Waals surface area contributed by atoms with Crippen molar-refractivity contribution in [2.24, 2.45) is 0 Å². The van der Waals surface area contributed by atoms with Crippen LogP contribution in [0.1, 0.15) is 32.2 Å². The van der Waals surface area contributed by atoms with E-state index in [2.05, 4.69) is 15.2 Å². The summed E-state index contributed by atoms with van der Waals surface area (Å²) in [6, 6.07) is 3.11. The topological polar surface area (TPSA) is 104 Å². The van der Waals surface area contributed by atoms with E-state index in [9.17, 15) is 9.59 Å². The maximum atomic E-state index is 11.9. The predicted octanol–water partition coefficient (Wildman–Crippen LogP) is -0.838. The molecule has 2 heterocycles. The molecule has 0 atom stereocenters. The van der Waals surface area contributed by atoms with E-state index in [-0.39, 0.29) is 28.4 Å². The maximum absolute atomic E-state index is 11.9. The first-order valence-corrected chi connectivity index (χ1v) is 4.45. The minimum atomic E-state index is -0.429. The van der Waals surface area contributed by atoms with Crippen molar-refractivity contribution in [1.82, 2.24) is 20.1 Å². The number of nitrogen functional groups attached to an aromatic ring is 1. The molecular weight excluding hydrogens is 210 g/mol. The van der Waals surface area contributed by atoms with Gasteiger partial charge >= 0.3 is 0 Å². The van der Waals surface area contributed by atoms with Gasteiger partial charge in [-0.3, -0.25) is 14.6 Å². The lowest BCUT2D eigenvalue weighted by Gasteiger charge is -2.09. The molecule has 0 radical (unpaired) electrons. The number of hydrogen-bond donors (Lipinski definition) is 1. The van der Waals surface area contributed by atoms with E-state index in [4.69, 9.17) is 5.84 Å². The Morgan fingerprint density at radius 1 is 1.06 bits per heavy atom. The van der Waals surface area contributed by atoms with Gasteiger partial charge in [-0.05, 0) is 12.1 Å². The summed E-state index contributed by atoms with van der Waals surface area (Å²) >= 11 is 0. The monoisotopic (exact) mass is 215 g/mol. The van der Waals surface area contributed by atoms with Gasteiger partial charge in [0.25, 0.3) is 0 Å². The number of fused-ring (bicyclic) bond motifs is 2. The molecule has 0 saturated heterocycles. The van der Waals surface area contributed by atoms with Crippen molar-refractivity contribution in [1.29, 1.82) is 0 Å². The second-order valence-corrected chi connectivity index (χ2v) is 3.28. The van der Waals surface area contributed by atoms with Gasteiger partial charge in [-0.15, -0.1) is 10.2 Å². The Balaban J connectivity index is 2.34. The summed E-state index contributed by atoms with van der Waals surface area (Å²) in [4.78, 5) is 28.4. The van der Waals surface area contributed by atoms with E-state index in [0.29, 0.717) is 4.91 Å². The summed E-state index contributed by atoms with van der Waals surface area (Å²) < 4.78 is 0. The second-order valence-electron chi connectivity index (χ2n) is 3.28. The highest BCUT2D eigenvalue weighted by Crippen LogP contribution is 2.22. The molecule has 3 rings (SSSR count). The third-order valence-electron chi connectivity index (χ3n) is 2.33. The zero-order valence-electron chi connectivity index (χ0n) is 7.91. The molecule has 16 heavy (non-hydrogen) atoms. The van der Waals surface area contributed by atoms with Crippen LogP contribution < -0.4 is 5.84 Å². The van der Waals surface area contributed by atoms with Crippen LogP contribution in [0, 0.1) is 0 Å². The van der Waals surface area contributed by atoms with Crippen LogP contribution in [0.25, 0.3) is 0 Å². The fourth-order valence-electron chi connectivity index (χ4n) is 1.64. The molecule has 0 unspecified atom stereocenters. The molecule has 7 heteroatoms. The predicted molar refractivity (Wildman–Crippen MR) is 51.3 cm³/mol. The van der Waals surface area contributed by atoms with Crippen molar-refractivity contribution in [3.63, 3.8) is 0 Å². The molecule has 0 amide bonds. The van der Waals surface area contributed by atoms with Crippen LogP contribution in [0.2, 0.25) is 0 Å². The lowest BCUT2D eigenvalue weighted by atomic mass is 9.95. The van der Waals surface area contributed by atoms with E-state index in [1.54, 1.807) is 6.07 Å². The van der Waals surface area contributed by atoms with Crippen LogP contribution in [0.5, 0.6) is 0 Å². The summed E-state index contributed by atoms with van der Waals surface area (Å²) in [7, 11) is 0. The summed E-state index contributed by atoms with van der Waals surface area (Å²) in [5.41, 5.74) is 0.271. The molecule has 1 aliphatic carbocycles. The first-order chi connectivity index (χ1) is 7.68. The van der Waals surface area contributed by atoms with E-state index >= 15 is 0 Å². The molecular formula is C9H5N5O2. The normalized spacial score (nSPS) is 13.5. The van der Waals surface area contributed by atoms with Crippen molar-refractivity contribution in [3.05, 3.63) is 41.0 Å². The number of carbonyl (C=O) groups excluding carboxylic acids is 2. The second kappa shape index (κ2) is 2.72. The summed E-state index contributed by atoms with van der Waals surface area (Å²) in [6.07, 6.45) is 1.45. The average molecular weight is 215 g/mol. The molecule has 0 aromatic carbocycles. The number of aromatic nitrogens is 4. The molecule has 0 bridgehead atoms. The van der Waals surface area contributed by atoms with Gasteiger partial charge in [-0.2, -0.15) is 0 Å². The van der Waals surface area contributed by atoms with Gasteiger partial charge in [0, 0.05) is 6.20 Å². The number of hydrogen-bond acceptors (Lipinski definition) is 6. The van der Waals surface area contributed by atoms with Crippen LogP contribution in [-0.4, -0.2) is 31.7 Å². The standard InChI is InChI=1S/C9H5N5O2/c10-14-12-6-7(13-14)9(16)5-4(8(6)15)2-1-3-11-5/h1-3H,10H2. The first-order valence-electron chi connectivity index (χ1n) is 4.45. The number of ketones is 2. The first kappa shape index (κ1) is 8.72. The fourth-order valence-corrected chi connectivity index (χ4v) is 1.64. The van der Waals surface area contributed by atoms with Gasteiger partial charge in [0.15, 0.2) is 11.4 Å². The van der Waals surface area contributed by atoms with E-state index in [0.717, 1.165) is 0 Å². The van der Waals surface area contributed by atoms with Crippen molar-refractivity contribution in [2.45, 2.75) is 0 Å². The highest BCUT2D eigenvalue weighted by molar-refractivity contribution is 6.25. The van der Waals surface area contributed by atoms with Crippen molar-refractivity contribution in [3.8, 4) is 0 Å². The Bertz CT molecular complexity index is 578. The van der Waals surface area contributed by atoms with Gasteiger partial charge < -0.3 is 5.84 Å². The van der Waals surface area contributed by atoms with Crippen molar-refractivity contribution < 1.29 is 9.59 Å².